The van der Waals surface area contributed by atoms with Crippen LogP contribution in [-0.4, -0.2) is 83.2 Å². The third-order valence-electron chi connectivity index (χ3n) is 5.94. The number of likely N-dealkylation sites (N-methyl/N-ethyl adjacent to an activating group) is 1. The van der Waals surface area contributed by atoms with E-state index in [9.17, 15) is 4.79 Å². The maximum absolute atomic E-state index is 12.3. The van der Waals surface area contributed by atoms with Gasteiger partial charge in [0.2, 0.25) is 5.88 Å². The second kappa shape index (κ2) is 7.92. The van der Waals surface area contributed by atoms with Crippen LogP contribution >= 0.6 is 0 Å². The Morgan fingerprint density at radius 2 is 1.90 bits per heavy atom. The van der Waals surface area contributed by atoms with Crippen molar-refractivity contribution in [2.45, 2.75) is 58.3 Å². The van der Waals surface area contributed by atoms with Crippen LogP contribution in [0.25, 0.3) is 0 Å². The van der Waals surface area contributed by atoms with Crippen LogP contribution in [0, 0.1) is 12.8 Å². The molecule has 2 atom stereocenters. The van der Waals surface area contributed by atoms with Crippen molar-refractivity contribution in [1.29, 1.82) is 0 Å². The molecule has 0 N–H and O–H groups in total. The zero-order valence-electron chi connectivity index (χ0n) is 18.5. The lowest BCUT2D eigenvalue weighted by atomic mass is 10.1. The second-order valence-corrected chi connectivity index (χ2v) is 9.39. The van der Waals surface area contributed by atoms with E-state index < -0.39 is 5.60 Å². The lowest BCUT2D eigenvalue weighted by Gasteiger charge is -2.33. The highest BCUT2D eigenvalue weighted by atomic mass is 16.6. The Hall–Kier alpha value is -2.58. The van der Waals surface area contributed by atoms with Gasteiger partial charge in [-0.3, -0.25) is 5.01 Å². The molecule has 1 aromatic heterocycles. The van der Waals surface area contributed by atoms with Crippen LogP contribution in [0.4, 0.5) is 10.6 Å². The minimum absolute atomic E-state index is 0.0290. The zero-order valence-corrected chi connectivity index (χ0v) is 18.5. The van der Waals surface area contributed by atoms with Crippen molar-refractivity contribution < 1.29 is 14.3 Å². The van der Waals surface area contributed by atoms with Gasteiger partial charge in [-0.15, -0.1) is 0 Å². The van der Waals surface area contributed by atoms with Crippen molar-refractivity contribution in [2.75, 3.05) is 38.1 Å². The van der Waals surface area contributed by atoms with Crippen molar-refractivity contribution >= 4 is 18.1 Å². The lowest BCUT2D eigenvalue weighted by Crippen LogP contribution is -2.44. The highest BCUT2D eigenvalue weighted by molar-refractivity contribution is 5.68. The quantitative estimate of drug-likeness (QED) is 0.748. The predicted molar refractivity (Wildman–Crippen MR) is 114 cm³/mol. The van der Waals surface area contributed by atoms with Crippen molar-refractivity contribution in [3.8, 4) is 5.88 Å². The highest BCUT2D eigenvalue weighted by Gasteiger charge is 2.39. The van der Waals surface area contributed by atoms with E-state index in [1.807, 2.05) is 46.0 Å². The Morgan fingerprint density at radius 3 is 2.57 bits per heavy atom. The molecule has 2 saturated heterocycles. The van der Waals surface area contributed by atoms with E-state index in [0.29, 0.717) is 30.9 Å². The minimum atomic E-state index is -0.479. The monoisotopic (exact) mass is 416 g/mol. The third kappa shape index (κ3) is 4.29. The third-order valence-corrected chi connectivity index (χ3v) is 5.94. The van der Waals surface area contributed by atoms with Gasteiger partial charge in [-0.05, 0) is 27.7 Å². The first kappa shape index (κ1) is 20.7. The SMILES string of the molecule is Cc1c(OC2CCN(C(=O)OC(C)(C)C)CC2)ncnc1N1CC2C=NN(C)C2C1. The van der Waals surface area contributed by atoms with Crippen LogP contribution in [0.2, 0.25) is 0 Å². The molecular formula is C21H32N6O3. The van der Waals surface area contributed by atoms with Gasteiger partial charge in [0.15, 0.2) is 0 Å². The molecule has 2 unspecified atom stereocenters. The molecule has 0 aromatic carbocycles. The van der Waals surface area contributed by atoms with Gasteiger partial charge in [0.25, 0.3) is 0 Å². The van der Waals surface area contributed by atoms with Crippen molar-refractivity contribution in [1.82, 2.24) is 19.9 Å². The number of hydrazone groups is 1. The summed E-state index contributed by atoms with van der Waals surface area (Å²) in [7, 11) is 2.02. The number of carbonyl (C=O) groups excluding carboxylic acids is 1. The first-order valence-electron chi connectivity index (χ1n) is 10.7. The topological polar surface area (TPSA) is 83.4 Å². The summed E-state index contributed by atoms with van der Waals surface area (Å²) < 4.78 is 11.7. The van der Waals surface area contributed by atoms with Crippen LogP contribution in [0.5, 0.6) is 5.88 Å². The molecule has 0 bridgehead atoms. The van der Waals surface area contributed by atoms with Gasteiger partial charge in [0, 0.05) is 58.2 Å². The second-order valence-electron chi connectivity index (χ2n) is 9.39. The fourth-order valence-electron chi connectivity index (χ4n) is 4.31. The molecule has 9 heteroatoms. The van der Waals surface area contributed by atoms with Crippen molar-refractivity contribution in [3.05, 3.63) is 11.9 Å². The van der Waals surface area contributed by atoms with Gasteiger partial charge in [-0.2, -0.15) is 5.10 Å². The molecule has 0 saturated carbocycles. The number of amides is 1. The number of ether oxygens (including phenoxy) is 2. The molecule has 0 spiro atoms. The number of rotatable bonds is 3. The normalized spacial score (nSPS) is 24.4. The Morgan fingerprint density at radius 1 is 1.17 bits per heavy atom. The fraction of sp³-hybridized carbons (Fsp3) is 0.714. The summed E-state index contributed by atoms with van der Waals surface area (Å²) >= 11 is 0. The smallest absolute Gasteiger partial charge is 0.410 e. The summed E-state index contributed by atoms with van der Waals surface area (Å²) in [5, 5.41) is 6.43. The molecule has 3 aliphatic heterocycles. The maximum atomic E-state index is 12.3. The van der Waals surface area contributed by atoms with Crippen molar-refractivity contribution in [3.63, 3.8) is 0 Å². The van der Waals surface area contributed by atoms with E-state index >= 15 is 0 Å². The number of aromatic nitrogens is 2. The van der Waals surface area contributed by atoms with Crippen LogP contribution in [0.15, 0.2) is 11.4 Å². The average Bonchev–Trinajstić information content (AvgIpc) is 3.25. The molecule has 1 amide bonds. The molecule has 9 nitrogen and oxygen atoms in total. The number of anilines is 1. The predicted octanol–water partition coefficient (Wildman–Crippen LogP) is 2.30. The molecular weight excluding hydrogens is 384 g/mol. The average molecular weight is 417 g/mol. The first-order valence-corrected chi connectivity index (χ1v) is 10.7. The van der Waals surface area contributed by atoms with E-state index in [1.165, 1.54) is 0 Å². The highest BCUT2D eigenvalue weighted by Crippen LogP contribution is 2.32. The van der Waals surface area contributed by atoms with E-state index in [0.717, 1.165) is 37.3 Å². The van der Waals surface area contributed by atoms with E-state index in [1.54, 1.807) is 11.2 Å². The molecule has 30 heavy (non-hydrogen) atoms. The molecule has 2 fully saturated rings. The number of hydrogen-bond donors (Lipinski definition) is 0. The number of fused-ring (bicyclic) bond motifs is 1. The lowest BCUT2D eigenvalue weighted by molar-refractivity contribution is 0.0122. The van der Waals surface area contributed by atoms with Gasteiger partial charge < -0.3 is 19.3 Å². The number of nitrogens with zero attached hydrogens (tertiary/aromatic N) is 6. The minimum Gasteiger partial charge on any atom is -0.474 e. The Kier molecular flexibility index (Phi) is 5.46. The van der Waals surface area contributed by atoms with E-state index in [4.69, 9.17) is 9.47 Å². The molecule has 0 radical (unpaired) electrons. The Balaban J connectivity index is 1.36. The van der Waals surface area contributed by atoms with E-state index in [2.05, 4.69) is 20.0 Å². The summed E-state index contributed by atoms with van der Waals surface area (Å²) in [5.74, 6) is 2.00. The number of carbonyl (C=O) groups is 1. The van der Waals surface area contributed by atoms with Gasteiger partial charge in [-0.25, -0.2) is 14.8 Å². The molecule has 1 aromatic rings. The molecule has 164 valence electrons. The Labute approximate surface area is 178 Å². The van der Waals surface area contributed by atoms with Gasteiger partial charge in [-0.1, -0.05) is 0 Å². The van der Waals surface area contributed by atoms with Gasteiger partial charge in [0.1, 0.15) is 23.9 Å². The summed E-state index contributed by atoms with van der Waals surface area (Å²) in [5.41, 5.74) is 0.486. The molecule has 4 rings (SSSR count). The zero-order chi connectivity index (χ0) is 21.5. The molecule has 0 aliphatic carbocycles. The summed E-state index contributed by atoms with van der Waals surface area (Å²) in [6.45, 7) is 10.7. The number of piperidine rings is 1. The largest absolute Gasteiger partial charge is 0.474 e. The fourth-order valence-corrected chi connectivity index (χ4v) is 4.31. The first-order chi connectivity index (χ1) is 14.2. The molecule has 3 aliphatic rings. The van der Waals surface area contributed by atoms with Crippen LogP contribution in [0.1, 0.15) is 39.2 Å². The van der Waals surface area contributed by atoms with Crippen molar-refractivity contribution in [2.24, 2.45) is 11.0 Å². The van der Waals surface area contributed by atoms with Crippen LogP contribution in [-0.2, 0) is 4.74 Å². The summed E-state index contributed by atoms with van der Waals surface area (Å²) in [4.78, 5) is 25.2. The van der Waals surface area contributed by atoms with Crippen LogP contribution < -0.4 is 9.64 Å². The number of hydrogen-bond acceptors (Lipinski definition) is 8. The maximum Gasteiger partial charge on any atom is 0.410 e. The van der Waals surface area contributed by atoms with E-state index in [-0.39, 0.29) is 12.2 Å². The van der Waals surface area contributed by atoms with Crippen LogP contribution in [0.3, 0.4) is 0 Å². The number of likely N-dealkylation sites (tertiary alicyclic amines) is 1. The summed E-state index contributed by atoms with van der Waals surface area (Å²) in [6, 6.07) is 0.404. The standard InChI is InChI=1S/C21H32N6O3/c1-14-18(27-11-15-10-24-25(5)17(15)12-27)22-13-23-19(14)29-16-6-8-26(9-7-16)20(28)30-21(2,3)4/h10,13,15-17H,6-9,11-12H2,1-5H3. The Bertz CT molecular complexity index is 815. The van der Waals surface area contributed by atoms with Gasteiger partial charge >= 0.3 is 6.09 Å². The molecule has 4 heterocycles. The van der Waals surface area contributed by atoms with Gasteiger partial charge in [0.05, 0.1) is 11.6 Å². The summed E-state index contributed by atoms with van der Waals surface area (Å²) in [6.07, 6.45) is 4.91.